The molecule has 1 aliphatic rings. The first-order valence-corrected chi connectivity index (χ1v) is 11.6. The molecule has 0 radical (unpaired) electrons. The number of fused-ring (bicyclic) bond motifs is 1. The van der Waals surface area contributed by atoms with Crippen molar-refractivity contribution in [2.75, 3.05) is 0 Å². The molecule has 0 aliphatic heterocycles. The maximum absolute atomic E-state index is 12.9. The summed E-state index contributed by atoms with van der Waals surface area (Å²) in [6, 6.07) is 16.6. The number of carboxylic acids is 1. The zero-order valence-electron chi connectivity index (χ0n) is 18.8. The van der Waals surface area contributed by atoms with Crippen molar-refractivity contribution in [2.24, 2.45) is 0 Å². The Morgan fingerprint density at radius 1 is 1.00 bits per heavy atom. The average molecular weight is 455 g/mol. The van der Waals surface area contributed by atoms with E-state index in [0.717, 1.165) is 48.2 Å². The lowest BCUT2D eigenvalue weighted by atomic mass is 9.94. The third-order valence-corrected chi connectivity index (χ3v) is 6.44. The van der Waals surface area contributed by atoms with Crippen molar-refractivity contribution in [2.45, 2.75) is 44.7 Å². The number of aromatic nitrogens is 3. The highest BCUT2D eigenvalue weighted by atomic mass is 16.4. The van der Waals surface area contributed by atoms with Crippen LogP contribution in [-0.4, -0.2) is 31.5 Å². The van der Waals surface area contributed by atoms with E-state index in [0.29, 0.717) is 23.7 Å². The monoisotopic (exact) mass is 454 g/mol. The molecule has 4 aromatic rings. The zero-order chi connectivity index (χ0) is 23.5. The SMILES string of the molecule is O=C(O)c1ccc2c(c1)nc(-c1cccc(C(=O)NCc3cccnc3)c1)n2C1CCCCC1. The smallest absolute Gasteiger partial charge is 0.335 e. The van der Waals surface area contributed by atoms with Crippen LogP contribution in [0.5, 0.6) is 0 Å². The summed E-state index contributed by atoms with van der Waals surface area (Å²) in [5.41, 5.74) is 4.13. The summed E-state index contributed by atoms with van der Waals surface area (Å²) in [4.78, 5) is 33.3. The number of benzene rings is 2. The van der Waals surface area contributed by atoms with Crippen LogP contribution in [0.4, 0.5) is 0 Å². The number of hydrogen-bond acceptors (Lipinski definition) is 4. The van der Waals surface area contributed by atoms with Crippen molar-refractivity contribution < 1.29 is 14.7 Å². The Kier molecular flexibility index (Phi) is 6.08. The standard InChI is InChI=1S/C27H26N4O3/c32-26(29-17-18-6-5-13-28-16-18)20-8-4-7-19(14-20)25-30-23-15-21(27(33)34)11-12-24(23)31(25)22-9-2-1-3-10-22/h4-8,11-16,22H,1-3,9-10,17H2,(H,29,32)(H,33,34). The summed E-state index contributed by atoms with van der Waals surface area (Å²) in [6.45, 7) is 0.398. The van der Waals surface area contributed by atoms with Crippen LogP contribution >= 0.6 is 0 Å². The van der Waals surface area contributed by atoms with Crippen LogP contribution in [0.2, 0.25) is 0 Å². The Labute approximate surface area is 197 Å². The molecule has 2 aromatic carbocycles. The quantitative estimate of drug-likeness (QED) is 0.416. The Hall–Kier alpha value is -4.00. The van der Waals surface area contributed by atoms with E-state index >= 15 is 0 Å². The minimum Gasteiger partial charge on any atom is -0.478 e. The van der Waals surface area contributed by atoms with Gasteiger partial charge in [-0.15, -0.1) is 0 Å². The largest absolute Gasteiger partial charge is 0.478 e. The lowest BCUT2D eigenvalue weighted by molar-refractivity contribution is 0.0696. The third-order valence-electron chi connectivity index (χ3n) is 6.44. The molecule has 2 aromatic heterocycles. The second-order valence-electron chi connectivity index (χ2n) is 8.73. The van der Waals surface area contributed by atoms with E-state index < -0.39 is 5.97 Å². The van der Waals surface area contributed by atoms with Crippen LogP contribution in [-0.2, 0) is 6.54 Å². The molecule has 1 fully saturated rings. The van der Waals surface area contributed by atoms with Crippen LogP contribution < -0.4 is 5.32 Å². The lowest BCUT2D eigenvalue weighted by Gasteiger charge is -2.25. The molecule has 1 saturated carbocycles. The summed E-state index contributed by atoms with van der Waals surface area (Å²) in [5, 5.41) is 12.4. The number of rotatable bonds is 6. The minimum atomic E-state index is -0.969. The summed E-state index contributed by atoms with van der Waals surface area (Å²) in [5.74, 6) is -0.367. The summed E-state index contributed by atoms with van der Waals surface area (Å²) in [7, 11) is 0. The highest BCUT2D eigenvalue weighted by Gasteiger charge is 2.23. The van der Waals surface area contributed by atoms with Gasteiger partial charge in [-0.2, -0.15) is 0 Å². The molecule has 7 heteroatoms. The van der Waals surface area contributed by atoms with Gasteiger partial charge < -0.3 is 15.0 Å². The van der Waals surface area contributed by atoms with E-state index in [4.69, 9.17) is 4.98 Å². The van der Waals surface area contributed by atoms with Gasteiger partial charge in [0.05, 0.1) is 16.6 Å². The van der Waals surface area contributed by atoms with E-state index in [9.17, 15) is 14.7 Å². The molecule has 0 unspecified atom stereocenters. The molecule has 1 amide bonds. The first-order valence-electron chi connectivity index (χ1n) is 11.6. The van der Waals surface area contributed by atoms with Crippen molar-refractivity contribution in [3.05, 3.63) is 83.7 Å². The van der Waals surface area contributed by atoms with E-state index in [1.807, 2.05) is 36.4 Å². The average Bonchev–Trinajstić information content (AvgIpc) is 3.27. The number of aromatic carboxylic acids is 1. The number of amides is 1. The van der Waals surface area contributed by atoms with Crippen molar-refractivity contribution in [1.82, 2.24) is 19.9 Å². The van der Waals surface area contributed by atoms with Gasteiger partial charge in [-0.05, 0) is 54.8 Å². The number of nitrogens with one attached hydrogen (secondary N) is 1. The van der Waals surface area contributed by atoms with Gasteiger partial charge in [-0.3, -0.25) is 9.78 Å². The topological polar surface area (TPSA) is 97.1 Å². The molecule has 7 nitrogen and oxygen atoms in total. The lowest BCUT2D eigenvalue weighted by Crippen LogP contribution is -2.22. The summed E-state index contributed by atoms with van der Waals surface area (Å²) < 4.78 is 2.24. The van der Waals surface area contributed by atoms with Gasteiger partial charge in [0.2, 0.25) is 0 Å². The summed E-state index contributed by atoms with van der Waals surface area (Å²) in [6.07, 6.45) is 9.10. The Balaban J connectivity index is 1.51. The van der Waals surface area contributed by atoms with Crippen molar-refractivity contribution in [3.63, 3.8) is 0 Å². The van der Waals surface area contributed by atoms with Crippen LogP contribution in [0.1, 0.15) is 64.4 Å². The van der Waals surface area contributed by atoms with Crippen LogP contribution in [0.3, 0.4) is 0 Å². The number of carbonyl (C=O) groups is 2. The molecule has 0 spiro atoms. The van der Waals surface area contributed by atoms with E-state index in [1.165, 1.54) is 6.42 Å². The second kappa shape index (κ2) is 9.47. The van der Waals surface area contributed by atoms with Crippen molar-refractivity contribution in [1.29, 1.82) is 0 Å². The normalized spacial score (nSPS) is 14.2. The second-order valence-corrected chi connectivity index (χ2v) is 8.73. The number of nitrogens with zero attached hydrogens (tertiary/aromatic N) is 3. The number of hydrogen-bond donors (Lipinski definition) is 2. The van der Waals surface area contributed by atoms with E-state index in [1.54, 1.807) is 30.6 Å². The molecule has 2 N–H and O–H groups in total. The number of carboxylic acid groups (broad SMARTS) is 1. The van der Waals surface area contributed by atoms with Gasteiger partial charge in [0.15, 0.2) is 0 Å². The Bertz CT molecular complexity index is 1340. The maximum Gasteiger partial charge on any atom is 0.335 e. The molecule has 2 heterocycles. The molecule has 5 rings (SSSR count). The van der Waals surface area contributed by atoms with Crippen LogP contribution in [0, 0.1) is 0 Å². The first-order chi connectivity index (χ1) is 16.6. The highest BCUT2D eigenvalue weighted by Crippen LogP contribution is 2.36. The fourth-order valence-electron chi connectivity index (χ4n) is 4.73. The Morgan fingerprint density at radius 3 is 2.62 bits per heavy atom. The van der Waals surface area contributed by atoms with Crippen molar-refractivity contribution in [3.8, 4) is 11.4 Å². The van der Waals surface area contributed by atoms with Gasteiger partial charge >= 0.3 is 5.97 Å². The molecule has 172 valence electrons. The molecule has 34 heavy (non-hydrogen) atoms. The number of pyridine rings is 1. The molecular weight excluding hydrogens is 428 g/mol. The molecular formula is C27H26N4O3. The fourth-order valence-corrected chi connectivity index (χ4v) is 4.73. The van der Waals surface area contributed by atoms with Crippen LogP contribution in [0.15, 0.2) is 67.0 Å². The fraction of sp³-hybridized carbons (Fsp3) is 0.259. The predicted molar refractivity (Wildman–Crippen MR) is 130 cm³/mol. The van der Waals surface area contributed by atoms with Gasteiger partial charge in [0.1, 0.15) is 5.82 Å². The number of imidazole rings is 1. The van der Waals surface area contributed by atoms with Gasteiger partial charge in [0.25, 0.3) is 5.91 Å². The van der Waals surface area contributed by atoms with Crippen LogP contribution in [0.25, 0.3) is 22.4 Å². The molecule has 1 aliphatic carbocycles. The Morgan fingerprint density at radius 2 is 1.85 bits per heavy atom. The van der Waals surface area contributed by atoms with E-state index in [-0.39, 0.29) is 11.5 Å². The molecule has 0 saturated heterocycles. The van der Waals surface area contributed by atoms with E-state index in [2.05, 4.69) is 14.9 Å². The van der Waals surface area contributed by atoms with Gasteiger partial charge in [-0.25, -0.2) is 9.78 Å². The maximum atomic E-state index is 12.9. The zero-order valence-corrected chi connectivity index (χ0v) is 18.8. The molecule has 0 bridgehead atoms. The molecule has 0 atom stereocenters. The minimum absolute atomic E-state index is 0.167. The van der Waals surface area contributed by atoms with Crippen molar-refractivity contribution >= 4 is 22.9 Å². The number of carbonyl (C=O) groups excluding carboxylic acids is 1. The summed E-state index contributed by atoms with van der Waals surface area (Å²) >= 11 is 0. The first kappa shape index (κ1) is 21.8. The predicted octanol–water partition coefficient (Wildman–Crippen LogP) is 5.23. The third kappa shape index (κ3) is 4.41. The van der Waals surface area contributed by atoms with Gasteiger partial charge in [0, 0.05) is 36.1 Å². The van der Waals surface area contributed by atoms with Gasteiger partial charge in [-0.1, -0.05) is 37.5 Å². The highest BCUT2D eigenvalue weighted by molar-refractivity contribution is 5.96.